The summed E-state index contributed by atoms with van der Waals surface area (Å²) >= 11 is 0. The van der Waals surface area contributed by atoms with Gasteiger partial charge in [-0.3, -0.25) is 9.59 Å². The van der Waals surface area contributed by atoms with E-state index in [1.54, 1.807) is 13.8 Å². The summed E-state index contributed by atoms with van der Waals surface area (Å²) in [7, 11) is 0. The molecule has 0 saturated carbocycles. The van der Waals surface area contributed by atoms with Gasteiger partial charge in [-0.25, -0.2) is 0 Å². The number of carboxylic acid groups (broad SMARTS) is 2. The Labute approximate surface area is 155 Å². The van der Waals surface area contributed by atoms with Gasteiger partial charge in [-0.1, -0.05) is 55.4 Å². The van der Waals surface area contributed by atoms with Crippen LogP contribution in [0.5, 0.6) is 0 Å². The Hall–Kier alpha value is -0.437. The van der Waals surface area contributed by atoms with Gasteiger partial charge in [-0.15, -0.1) is 0 Å². The van der Waals surface area contributed by atoms with Gasteiger partial charge in [0.2, 0.25) is 0 Å². The van der Waals surface area contributed by atoms with Gasteiger partial charge in [0, 0.05) is 19.5 Å². The van der Waals surface area contributed by atoms with Crippen LogP contribution >= 0.6 is 0 Å². The first-order valence-electron chi connectivity index (χ1n) is 8.11. The average molecular weight is 382 g/mol. The van der Waals surface area contributed by atoms with Gasteiger partial charge in [0.25, 0.3) is 0 Å². The van der Waals surface area contributed by atoms with Crippen molar-refractivity contribution >= 4 is 11.9 Å². The standard InChI is InChI=1S/2C9H18O2.Zn/c2*1-7(8(10)11)5-6-9(2,3)4;/h2*7H,5-6H2,1-4H3,(H,10,11);. The van der Waals surface area contributed by atoms with Crippen molar-refractivity contribution in [2.45, 2.75) is 81.1 Å². The Morgan fingerprint density at radius 1 is 0.739 bits per heavy atom. The number of rotatable bonds is 6. The molecule has 0 aromatic carbocycles. The minimum atomic E-state index is -0.686. The third-order valence-electron chi connectivity index (χ3n) is 3.50. The smallest absolute Gasteiger partial charge is 0.306 e. The van der Waals surface area contributed by atoms with Crippen LogP contribution in [0, 0.1) is 22.7 Å². The molecule has 0 bridgehead atoms. The molecule has 0 rings (SSSR count). The van der Waals surface area contributed by atoms with E-state index in [-0.39, 0.29) is 42.1 Å². The number of carbonyl (C=O) groups is 2. The van der Waals surface area contributed by atoms with Gasteiger partial charge in [-0.2, -0.15) is 0 Å². The quantitative estimate of drug-likeness (QED) is 0.630. The van der Waals surface area contributed by atoms with E-state index in [0.29, 0.717) is 0 Å². The summed E-state index contributed by atoms with van der Waals surface area (Å²) in [5.41, 5.74) is 0.507. The minimum Gasteiger partial charge on any atom is -0.481 e. The summed E-state index contributed by atoms with van der Waals surface area (Å²) in [5.74, 6) is -1.77. The first kappa shape index (κ1) is 27.4. The Morgan fingerprint density at radius 2 is 0.957 bits per heavy atom. The SMILES string of the molecule is CC(CCC(C)(C)C)C(=O)O.CC(CCC(C)(C)C)C(=O)O.[Zn]. The molecule has 0 aliphatic carbocycles. The maximum atomic E-state index is 10.4. The van der Waals surface area contributed by atoms with E-state index in [1.807, 2.05) is 0 Å². The molecule has 0 aliphatic rings. The molecule has 23 heavy (non-hydrogen) atoms. The minimum absolute atomic E-state index is 0. The average Bonchev–Trinajstić information content (AvgIpc) is 2.31. The molecule has 0 amide bonds. The van der Waals surface area contributed by atoms with Crippen LogP contribution in [0.4, 0.5) is 0 Å². The van der Waals surface area contributed by atoms with Crippen LogP contribution in [-0.2, 0) is 29.1 Å². The largest absolute Gasteiger partial charge is 0.481 e. The summed E-state index contributed by atoms with van der Waals surface area (Å²) in [6.45, 7) is 16.3. The van der Waals surface area contributed by atoms with Crippen LogP contribution in [0.1, 0.15) is 81.1 Å². The predicted octanol–water partition coefficient (Wildman–Crippen LogP) is 5.06. The van der Waals surface area contributed by atoms with Crippen molar-refractivity contribution in [2.24, 2.45) is 22.7 Å². The van der Waals surface area contributed by atoms with Crippen LogP contribution < -0.4 is 0 Å². The summed E-state index contributed by atoms with van der Waals surface area (Å²) in [6.07, 6.45) is 3.50. The number of hydrogen-bond acceptors (Lipinski definition) is 2. The van der Waals surface area contributed by atoms with Gasteiger partial charge in [0.05, 0.1) is 11.8 Å². The van der Waals surface area contributed by atoms with Crippen LogP contribution in [0.2, 0.25) is 0 Å². The molecule has 0 spiro atoms. The van der Waals surface area contributed by atoms with E-state index in [1.165, 1.54) is 0 Å². The molecule has 0 saturated heterocycles. The van der Waals surface area contributed by atoms with Crippen molar-refractivity contribution in [3.8, 4) is 0 Å². The molecule has 0 aliphatic heterocycles. The van der Waals surface area contributed by atoms with Crippen LogP contribution in [-0.4, -0.2) is 22.2 Å². The Bertz CT molecular complexity index is 306. The van der Waals surface area contributed by atoms with Gasteiger partial charge in [0.1, 0.15) is 0 Å². The van der Waals surface area contributed by atoms with E-state index in [9.17, 15) is 9.59 Å². The van der Waals surface area contributed by atoms with Crippen molar-refractivity contribution in [3.05, 3.63) is 0 Å². The molecule has 0 fully saturated rings. The Kier molecular flexibility index (Phi) is 14.3. The Balaban J connectivity index is -0.000000333. The zero-order valence-electron chi connectivity index (χ0n) is 16.4. The monoisotopic (exact) mass is 380 g/mol. The predicted molar refractivity (Wildman–Crippen MR) is 91.0 cm³/mol. The number of carboxylic acids is 2. The van der Waals surface area contributed by atoms with E-state index >= 15 is 0 Å². The maximum absolute atomic E-state index is 10.4. The van der Waals surface area contributed by atoms with Crippen molar-refractivity contribution in [3.63, 3.8) is 0 Å². The zero-order valence-corrected chi connectivity index (χ0v) is 19.4. The Morgan fingerprint density at radius 3 is 1.09 bits per heavy atom. The maximum Gasteiger partial charge on any atom is 0.306 e. The third-order valence-corrected chi connectivity index (χ3v) is 3.50. The first-order chi connectivity index (χ1) is 9.65. The molecule has 0 radical (unpaired) electrons. The summed E-state index contributed by atoms with van der Waals surface area (Å²) < 4.78 is 0. The number of aliphatic carboxylic acids is 2. The van der Waals surface area contributed by atoms with Gasteiger partial charge < -0.3 is 10.2 Å². The molecule has 4 nitrogen and oxygen atoms in total. The molecule has 5 heteroatoms. The fourth-order valence-corrected chi connectivity index (χ4v) is 1.55. The molecule has 134 valence electrons. The fraction of sp³-hybridized carbons (Fsp3) is 0.889. The normalized spacial score (nSPS) is 13.9. The molecule has 2 N–H and O–H groups in total. The van der Waals surface area contributed by atoms with E-state index in [4.69, 9.17) is 10.2 Å². The summed E-state index contributed by atoms with van der Waals surface area (Å²) in [4.78, 5) is 20.8. The molecule has 0 aromatic rings. The zero-order chi connectivity index (χ0) is 18.1. The van der Waals surface area contributed by atoms with Crippen LogP contribution in [0.25, 0.3) is 0 Å². The second kappa shape index (κ2) is 12.0. The second-order valence-corrected chi connectivity index (χ2v) is 8.68. The van der Waals surface area contributed by atoms with Crippen molar-refractivity contribution in [2.75, 3.05) is 0 Å². The van der Waals surface area contributed by atoms with E-state index < -0.39 is 11.9 Å². The van der Waals surface area contributed by atoms with Crippen LogP contribution in [0.15, 0.2) is 0 Å². The third kappa shape index (κ3) is 21.6. The van der Waals surface area contributed by atoms with Gasteiger partial charge >= 0.3 is 11.9 Å². The fourth-order valence-electron chi connectivity index (χ4n) is 1.55. The summed E-state index contributed by atoms with van der Waals surface area (Å²) in [5, 5.41) is 17.2. The van der Waals surface area contributed by atoms with Gasteiger partial charge in [-0.05, 0) is 36.5 Å². The van der Waals surface area contributed by atoms with E-state index in [2.05, 4.69) is 41.5 Å². The molecule has 0 aromatic heterocycles. The molecular formula is C18H36O4Zn. The summed E-state index contributed by atoms with van der Waals surface area (Å²) in [6, 6.07) is 0. The van der Waals surface area contributed by atoms with Crippen LogP contribution in [0.3, 0.4) is 0 Å². The molecule has 0 heterocycles. The second-order valence-electron chi connectivity index (χ2n) is 8.68. The molecular weight excluding hydrogens is 346 g/mol. The van der Waals surface area contributed by atoms with Crippen molar-refractivity contribution in [1.29, 1.82) is 0 Å². The molecule has 2 unspecified atom stereocenters. The number of hydrogen-bond donors (Lipinski definition) is 2. The van der Waals surface area contributed by atoms with Gasteiger partial charge in [0.15, 0.2) is 0 Å². The van der Waals surface area contributed by atoms with Crippen molar-refractivity contribution in [1.82, 2.24) is 0 Å². The topological polar surface area (TPSA) is 74.6 Å². The molecule has 2 atom stereocenters. The van der Waals surface area contributed by atoms with E-state index in [0.717, 1.165) is 25.7 Å². The first-order valence-corrected chi connectivity index (χ1v) is 8.11. The van der Waals surface area contributed by atoms with Crippen molar-refractivity contribution < 1.29 is 39.3 Å².